The highest BCUT2D eigenvalue weighted by Gasteiger charge is 2.08. The molecule has 3 N–H and O–H groups in total. The SMILES string of the molecule is CCOCCNC(=O)Nc1ccccc1CC(=O)O. The van der Waals surface area contributed by atoms with Crippen LogP contribution in [0.5, 0.6) is 0 Å². The summed E-state index contributed by atoms with van der Waals surface area (Å²) < 4.78 is 5.09. The Kier molecular flexibility index (Phi) is 6.38. The maximum absolute atomic E-state index is 11.6. The average molecular weight is 266 g/mol. The van der Waals surface area contributed by atoms with Gasteiger partial charge in [-0.2, -0.15) is 0 Å². The maximum atomic E-state index is 11.6. The van der Waals surface area contributed by atoms with Gasteiger partial charge in [-0.1, -0.05) is 18.2 Å². The molecule has 0 aliphatic heterocycles. The predicted molar refractivity (Wildman–Crippen MR) is 71.3 cm³/mol. The Morgan fingerprint density at radius 2 is 2.05 bits per heavy atom. The number of rotatable bonds is 7. The highest BCUT2D eigenvalue weighted by molar-refractivity contribution is 5.90. The molecule has 0 aliphatic carbocycles. The molecule has 0 atom stereocenters. The van der Waals surface area contributed by atoms with Crippen molar-refractivity contribution in [2.45, 2.75) is 13.3 Å². The number of carbonyl (C=O) groups is 2. The second-order valence-corrected chi connectivity index (χ2v) is 3.81. The van der Waals surface area contributed by atoms with Crippen molar-refractivity contribution in [1.29, 1.82) is 0 Å². The molecule has 6 nitrogen and oxygen atoms in total. The van der Waals surface area contributed by atoms with Crippen LogP contribution in [0.4, 0.5) is 10.5 Å². The molecule has 0 saturated heterocycles. The fourth-order valence-corrected chi connectivity index (χ4v) is 1.51. The fourth-order valence-electron chi connectivity index (χ4n) is 1.51. The summed E-state index contributed by atoms with van der Waals surface area (Å²) in [6, 6.07) is 6.43. The summed E-state index contributed by atoms with van der Waals surface area (Å²) >= 11 is 0. The standard InChI is InChI=1S/C13H18N2O4/c1-2-19-8-7-14-13(18)15-11-6-4-3-5-10(11)9-12(16)17/h3-6H,2,7-9H2,1H3,(H,16,17)(H2,14,15,18). The Balaban J connectivity index is 2.51. The number of para-hydroxylation sites is 1. The van der Waals surface area contributed by atoms with Crippen molar-refractivity contribution in [3.05, 3.63) is 29.8 Å². The molecule has 6 heteroatoms. The highest BCUT2D eigenvalue weighted by atomic mass is 16.5. The molecule has 0 saturated carbocycles. The number of hydrogen-bond acceptors (Lipinski definition) is 3. The number of hydrogen-bond donors (Lipinski definition) is 3. The number of nitrogens with one attached hydrogen (secondary N) is 2. The fraction of sp³-hybridized carbons (Fsp3) is 0.385. The monoisotopic (exact) mass is 266 g/mol. The molecule has 104 valence electrons. The van der Waals surface area contributed by atoms with E-state index in [0.717, 1.165) is 0 Å². The van der Waals surface area contributed by atoms with Crippen LogP contribution in [0, 0.1) is 0 Å². The third kappa shape index (κ3) is 5.87. The van der Waals surface area contributed by atoms with E-state index in [1.165, 1.54) is 0 Å². The number of carbonyl (C=O) groups excluding carboxylic acids is 1. The molecule has 0 heterocycles. The minimum absolute atomic E-state index is 0.130. The Labute approximate surface area is 111 Å². The molecule has 1 aromatic rings. The molecule has 0 unspecified atom stereocenters. The zero-order chi connectivity index (χ0) is 14.1. The quantitative estimate of drug-likeness (QED) is 0.652. The van der Waals surface area contributed by atoms with E-state index < -0.39 is 5.97 Å². The summed E-state index contributed by atoms with van der Waals surface area (Å²) in [6.07, 6.45) is -0.130. The zero-order valence-electron chi connectivity index (χ0n) is 10.8. The number of anilines is 1. The zero-order valence-corrected chi connectivity index (χ0v) is 10.8. The van der Waals surface area contributed by atoms with Crippen LogP contribution in [0.15, 0.2) is 24.3 Å². The number of benzene rings is 1. The summed E-state index contributed by atoms with van der Waals surface area (Å²) in [5.74, 6) is -0.939. The minimum atomic E-state index is -0.939. The second kappa shape index (κ2) is 8.10. The van der Waals surface area contributed by atoms with Gasteiger partial charge in [0.25, 0.3) is 0 Å². The van der Waals surface area contributed by atoms with Crippen molar-refractivity contribution in [3.8, 4) is 0 Å². The van der Waals surface area contributed by atoms with E-state index in [9.17, 15) is 9.59 Å². The molecule has 0 aliphatic rings. The van der Waals surface area contributed by atoms with Gasteiger partial charge in [0.2, 0.25) is 0 Å². The molecular formula is C13H18N2O4. The van der Waals surface area contributed by atoms with Crippen molar-refractivity contribution >= 4 is 17.7 Å². The second-order valence-electron chi connectivity index (χ2n) is 3.81. The Hall–Kier alpha value is -2.08. The van der Waals surface area contributed by atoms with E-state index in [-0.39, 0.29) is 12.5 Å². The van der Waals surface area contributed by atoms with Crippen LogP contribution in [0.2, 0.25) is 0 Å². The van der Waals surface area contributed by atoms with Crippen molar-refractivity contribution in [3.63, 3.8) is 0 Å². The van der Waals surface area contributed by atoms with E-state index in [1.807, 2.05) is 6.92 Å². The van der Waals surface area contributed by atoms with Crippen LogP contribution < -0.4 is 10.6 Å². The summed E-state index contributed by atoms with van der Waals surface area (Å²) in [5.41, 5.74) is 1.06. The predicted octanol–water partition coefficient (Wildman–Crippen LogP) is 1.47. The first kappa shape index (κ1) is 15.0. The molecule has 19 heavy (non-hydrogen) atoms. The summed E-state index contributed by atoms with van der Waals surface area (Å²) in [4.78, 5) is 22.3. The molecule has 0 fully saturated rings. The lowest BCUT2D eigenvalue weighted by molar-refractivity contribution is -0.136. The lowest BCUT2D eigenvalue weighted by Gasteiger charge is -2.10. The molecule has 1 aromatic carbocycles. The van der Waals surface area contributed by atoms with Crippen LogP contribution in [0.1, 0.15) is 12.5 Å². The first-order chi connectivity index (χ1) is 9.13. The molecule has 0 aromatic heterocycles. The number of amides is 2. The van der Waals surface area contributed by atoms with Crippen LogP contribution in [-0.2, 0) is 16.0 Å². The van der Waals surface area contributed by atoms with Crippen molar-refractivity contribution in [2.75, 3.05) is 25.1 Å². The van der Waals surface area contributed by atoms with Gasteiger partial charge in [0.15, 0.2) is 0 Å². The molecule has 0 radical (unpaired) electrons. The Bertz CT molecular complexity index is 434. The normalized spacial score (nSPS) is 9.95. The molecule has 0 spiro atoms. The number of urea groups is 1. The van der Waals surface area contributed by atoms with Crippen molar-refractivity contribution in [2.24, 2.45) is 0 Å². The Morgan fingerprint density at radius 1 is 1.32 bits per heavy atom. The van der Waals surface area contributed by atoms with E-state index in [4.69, 9.17) is 9.84 Å². The minimum Gasteiger partial charge on any atom is -0.481 e. The molecule has 1 rings (SSSR count). The van der Waals surface area contributed by atoms with Gasteiger partial charge >= 0.3 is 12.0 Å². The summed E-state index contributed by atoms with van der Waals surface area (Å²) in [7, 11) is 0. The van der Waals surface area contributed by atoms with Gasteiger partial charge in [0.1, 0.15) is 0 Å². The number of ether oxygens (including phenoxy) is 1. The van der Waals surface area contributed by atoms with Gasteiger partial charge in [-0.25, -0.2) is 4.79 Å². The summed E-state index contributed by atoms with van der Waals surface area (Å²) in [6.45, 7) is 3.33. The van der Waals surface area contributed by atoms with E-state index in [2.05, 4.69) is 10.6 Å². The van der Waals surface area contributed by atoms with Gasteiger partial charge in [-0.05, 0) is 18.6 Å². The van der Waals surface area contributed by atoms with Gasteiger partial charge in [-0.3, -0.25) is 4.79 Å². The van der Waals surface area contributed by atoms with Crippen molar-refractivity contribution < 1.29 is 19.4 Å². The Morgan fingerprint density at radius 3 is 2.74 bits per heavy atom. The van der Waals surface area contributed by atoms with Gasteiger partial charge in [-0.15, -0.1) is 0 Å². The van der Waals surface area contributed by atoms with Gasteiger partial charge in [0.05, 0.1) is 13.0 Å². The number of carboxylic acids is 1. The summed E-state index contributed by atoms with van der Waals surface area (Å²) in [5, 5.41) is 14.0. The maximum Gasteiger partial charge on any atom is 0.319 e. The smallest absolute Gasteiger partial charge is 0.319 e. The molecular weight excluding hydrogens is 248 g/mol. The van der Waals surface area contributed by atoms with Crippen molar-refractivity contribution in [1.82, 2.24) is 5.32 Å². The third-order valence-electron chi connectivity index (χ3n) is 2.34. The van der Waals surface area contributed by atoms with E-state index in [0.29, 0.717) is 31.0 Å². The number of aliphatic carboxylic acids is 1. The number of carboxylic acid groups (broad SMARTS) is 1. The van der Waals surface area contributed by atoms with Gasteiger partial charge < -0.3 is 20.5 Å². The average Bonchev–Trinajstić information content (AvgIpc) is 2.36. The van der Waals surface area contributed by atoms with E-state index >= 15 is 0 Å². The van der Waals surface area contributed by atoms with Crippen LogP contribution in [0.25, 0.3) is 0 Å². The van der Waals surface area contributed by atoms with E-state index in [1.54, 1.807) is 24.3 Å². The highest BCUT2D eigenvalue weighted by Crippen LogP contribution is 2.15. The lowest BCUT2D eigenvalue weighted by Crippen LogP contribution is -2.32. The lowest BCUT2D eigenvalue weighted by atomic mass is 10.1. The molecule has 2 amide bonds. The first-order valence-electron chi connectivity index (χ1n) is 6.05. The van der Waals surface area contributed by atoms with Gasteiger partial charge in [0, 0.05) is 18.8 Å². The topological polar surface area (TPSA) is 87.7 Å². The van der Waals surface area contributed by atoms with Crippen LogP contribution in [-0.4, -0.2) is 36.9 Å². The first-order valence-corrected chi connectivity index (χ1v) is 6.05. The van der Waals surface area contributed by atoms with Crippen LogP contribution in [0.3, 0.4) is 0 Å². The third-order valence-corrected chi connectivity index (χ3v) is 2.34. The molecule has 0 bridgehead atoms. The van der Waals surface area contributed by atoms with Crippen LogP contribution >= 0.6 is 0 Å². The largest absolute Gasteiger partial charge is 0.481 e.